The lowest BCUT2D eigenvalue weighted by atomic mass is 9.93. The van der Waals surface area contributed by atoms with Crippen LogP contribution in [0.5, 0.6) is 0 Å². The Labute approximate surface area is 89.4 Å². The van der Waals surface area contributed by atoms with Crippen molar-refractivity contribution in [3.05, 3.63) is 47.6 Å². The van der Waals surface area contributed by atoms with Crippen molar-refractivity contribution in [2.75, 3.05) is 0 Å². The molecule has 0 fully saturated rings. The van der Waals surface area contributed by atoms with Gasteiger partial charge in [0.15, 0.2) is 0 Å². The van der Waals surface area contributed by atoms with Gasteiger partial charge in [-0.1, -0.05) is 0 Å². The number of nitrogens with zero attached hydrogens (tertiary/aromatic N) is 4. The molecule has 0 amide bonds. The van der Waals surface area contributed by atoms with E-state index >= 15 is 0 Å². The fraction of sp³-hybridized carbons (Fsp3) is 0. The molecule has 0 atom stereocenters. The van der Waals surface area contributed by atoms with Crippen LogP contribution in [0.3, 0.4) is 0 Å². The number of fused-ring (bicyclic) bond motifs is 2. The Balaban J connectivity index is 2.35. The van der Waals surface area contributed by atoms with Crippen LogP contribution in [-0.4, -0.2) is 31.5 Å². The average Bonchev–Trinajstić information content (AvgIpc) is 2.36. The van der Waals surface area contributed by atoms with Gasteiger partial charge < -0.3 is 0 Å². The van der Waals surface area contributed by atoms with E-state index in [1.54, 1.807) is 0 Å². The van der Waals surface area contributed by atoms with Crippen molar-refractivity contribution in [2.45, 2.75) is 0 Å². The predicted molar refractivity (Wildman–Crippen MR) is 50.9 cm³/mol. The van der Waals surface area contributed by atoms with Crippen LogP contribution < -0.4 is 0 Å². The first-order valence-corrected chi connectivity index (χ1v) is 4.48. The minimum absolute atomic E-state index is 0.113. The van der Waals surface area contributed by atoms with Gasteiger partial charge in [-0.2, -0.15) is 0 Å². The summed E-state index contributed by atoms with van der Waals surface area (Å²) in [6.45, 7) is 0. The second-order valence-corrected chi connectivity index (χ2v) is 3.23. The standard InChI is InChI=1S/C10H4N4O2/c15-9-5-1-11-3-13-7(5)10(16)6-2-12-4-14-8(6)9/h1-4H. The number of ketones is 2. The third kappa shape index (κ3) is 1.01. The molecule has 16 heavy (non-hydrogen) atoms. The molecular formula is C10H4N4O2. The van der Waals surface area contributed by atoms with Gasteiger partial charge in [-0.05, 0) is 0 Å². The third-order valence-corrected chi connectivity index (χ3v) is 2.34. The molecule has 0 N–H and O–H groups in total. The maximum absolute atomic E-state index is 11.9. The molecule has 2 heterocycles. The smallest absolute Gasteiger partial charge is 0.216 e. The van der Waals surface area contributed by atoms with Crippen molar-refractivity contribution < 1.29 is 9.59 Å². The summed E-state index contributed by atoms with van der Waals surface area (Å²) in [5.74, 6) is -0.680. The molecule has 0 spiro atoms. The molecule has 0 saturated carbocycles. The Hall–Kier alpha value is -2.50. The average molecular weight is 212 g/mol. The molecule has 2 aromatic rings. The summed E-state index contributed by atoms with van der Waals surface area (Å²) >= 11 is 0. The molecule has 0 unspecified atom stereocenters. The van der Waals surface area contributed by atoms with E-state index in [9.17, 15) is 9.59 Å². The van der Waals surface area contributed by atoms with E-state index in [1.165, 1.54) is 25.0 Å². The van der Waals surface area contributed by atoms with Gasteiger partial charge in [-0.3, -0.25) is 9.59 Å². The lowest BCUT2D eigenvalue weighted by Gasteiger charge is -2.13. The van der Waals surface area contributed by atoms with Crippen LogP contribution >= 0.6 is 0 Å². The molecule has 2 aromatic heterocycles. The number of rotatable bonds is 0. The summed E-state index contributed by atoms with van der Waals surface area (Å²) in [5.41, 5.74) is 0.613. The van der Waals surface area contributed by atoms with E-state index in [1.807, 2.05) is 0 Å². The number of carbonyl (C=O) groups excluding carboxylic acids is 2. The van der Waals surface area contributed by atoms with E-state index in [4.69, 9.17) is 0 Å². The summed E-state index contributed by atoms with van der Waals surface area (Å²) < 4.78 is 0. The largest absolute Gasteiger partial charge is 0.287 e. The molecule has 76 valence electrons. The molecule has 0 aromatic carbocycles. The van der Waals surface area contributed by atoms with Gasteiger partial charge in [-0.25, -0.2) is 19.9 Å². The third-order valence-electron chi connectivity index (χ3n) is 2.34. The molecule has 0 aliphatic heterocycles. The minimum atomic E-state index is -0.340. The highest BCUT2D eigenvalue weighted by atomic mass is 16.1. The van der Waals surface area contributed by atoms with E-state index in [-0.39, 0.29) is 34.1 Å². The number of aromatic nitrogens is 4. The summed E-state index contributed by atoms with van der Waals surface area (Å²) in [6, 6.07) is 0. The number of hydrogen-bond acceptors (Lipinski definition) is 6. The SMILES string of the molecule is O=C1c2cncnc2C(=O)c2cncnc21. The molecular weight excluding hydrogens is 208 g/mol. The van der Waals surface area contributed by atoms with E-state index in [2.05, 4.69) is 19.9 Å². The van der Waals surface area contributed by atoms with Crippen molar-refractivity contribution >= 4 is 11.6 Å². The van der Waals surface area contributed by atoms with E-state index in [0.29, 0.717) is 0 Å². The van der Waals surface area contributed by atoms with Gasteiger partial charge in [0.2, 0.25) is 11.6 Å². The van der Waals surface area contributed by atoms with Crippen molar-refractivity contribution in [3.8, 4) is 0 Å². The Bertz CT molecular complexity index is 518. The van der Waals surface area contributed by atoms with Gasteiger partial charge in [0.25, 0.3) is 0 Å². The Morgan fingerprint density at radius 3 is 1.62 bits per heavy atom. The van der Waals surface area contributed by atoms with E-state index in [0.717, 1.165) is 0 Å². The van der Waals surface area contributed by atoms with Crippen molar-refractivity contribution in [2.24, 2.45) is 0 Å². The first kappa shape index (κ1) is 8.78. The van der Waals surface area contributed by atoms with Crippen LogP contribution in [0.1, 0.15) is 32.1 Å². The summed E-state index contributed by atoms with van der Waals surface area (Å²) in [7, 11) is 0. The van der Waals surface area contributed by atoms with Gasteiger partial charge in [0, 0.05) is 12.4 Å². The fourth-order valence-corrected chi connectivity index (χ4v) is 1.61. The zero-order valence-corrected chi connectivity index (χ0v) is 7.91. The Morgan fingerprint density at radius 1 is 0.750 bits per heavy atom. The number of carbonyl (C=O) groups is 2. The first-order valence-electron chi connectivity index (χ1n) is 4.48. The van der Waals surface area contributed by atoms with Gasteiger partial charge >= 0.3 is 0 Å². The van der Waals surface area contributed by atoms with Crippen LogP contribution in [0.2, 0.25) is 0 Å². The van der Waals surface area contributed by atoms with Crippen molar-refractivity contribution in [3.63, 3.8) is 0 Å². The zero-order chi connectivity index (χ0) is 11.1. The van der Waals surface area contributed by atoms with Crippen LogP contribution in [-0.2, 0) is 0 Å². The second-order valence-electron chi connectivity index (χ2n) is 3.23. The fourth-order valence-electron chi connectivity index (χ4n) is 1.61. The molecule has 1 aliphatic rings. The lowest BCUT2D eigenvalue weighted by Crippen LogP contribution is -2.24. The van der Waals surface area contributed by atoms with Gasteiger partial charge in [0.05, 0.1) is 11.1 Å². The van der Waals surface area contributed by atoms with E-state index < -0.39 is 0 Å². The Kier molecular flexibility index (Phi) is 1.64. The highest BCUT2D eigenvalue weighted by Crippen LogP contribution is 2.22. The lowest BCUT2D eigenvalue weighted by molar-refractivity contribution is 0.0970. The van der Waals surface area contributed by atoms with Crippen LogP contribution in [0.4, 0.5) is 0 Å². The normalized spacial score (nSPS) is 13.2. The van der Waals surface area contributed by atoms with Crippen LogP contribution in [0.15, 0.2) is 25.0 Å². The first-order chi connectivity index (χ1) is 7.79. The summed E-state index contributed by atoms with van der Waals surface area (Å²) in [5, 5.41) is 0. The van der Waals surface area contributed by atoms with Crippen LogP contribution in [0, 0.1) is 0 Å². The predicted octanol–water partition coefficient (Wildman–Crippen LogP) is 0.0420. The minimum Gasteiger partial charge on any atom is -0.287 e. The molecule has 0 bridgehead atoms. The zero-order valence-electron chi connectivity index (χ0n) is 7.91. The van der Waals surface area contributed by atoms with Crippen LogP contribution in [0.25, 0.3) is 0 Å². The topological polar surface area (TPSA) is 85.7 Å². The molecule has 1 aliphatic carbocycles. The maximum atomic E-state index is 11.9. The maximum Gasteiger partial charge on any atom is 0.216 e. The quantitative estimate of drug-likeness (QED) is 0.523. The summed E-state index contributed by atoms with van der Waals surface area (Å²) in [4.78, 5) is 38.9. The molecule has 0 saturated heterocycles. The highest BCUT2D eigenvalue weighted by molar-refractivity contribution is 6.26. The van der Waals surface area contributed by atoms with Gasteiger partial charge in [0.1, 0.15) is 24.0 Å². The monoisotopic (exact) mass is 212 g/mol. The van der Waals surface area contributed by atoms with Gasteiger partial charge in [-0.15, -0.1) is 0 Å². The molecule has 6 heteroatoms. The second kappa shape index (κ2) is 2.99. The van der Waals surface area contributed by atoms with Crippen molar-refractivity contribution in [1.82, 2.24) is 19.9 Å². The molecule has 0 radical (unpaired) electrons. The summed E-state index contributed by atoms with van der Waals surface area (Å²) in [6.07, 6.45) is 5.12. The van der Waals surface area contributed by atoms with Crippen molar-refractivity contribution in [1.29, 1.82) is 0 Å². The highest BCUT2D eigenvalue weighted by Gasteiger charge is 2.32. The Morgan fingerprint density at radius 2 is 1.19 bits per heavy atom. The number of hydrogen-bond donors (Lipinski definition) is 0. The molecule has 6 nitrogen and oxygen atoms in total. The molecule has 3 rings (SSSR count).